The van der Waals surface area contributed by atoms with E-state index in [0.717, 1.165) is 22.9 Å². The molecule has 0 unspecified atom stereocenters. The second-order valence-electron chi connectivity index (χ2n) is 8.45. The van der Waals surface area contributed by atoms with Crippen molar-refractivity contribution in [3.05, 3.63) is 102 Å². The number of halogens is 3. The highest BCUT2D eigenvalue weighted by molar-refractivity contribution is 5.99. The zero-order chi connectivity index (χ0) is 27.9. The van der Waals surface area contributed by atoms with Crippen molar-refractivity contribution >= 4 is 28.6 Å². The number of carbonyl (C=O) groups is 2. The van der Waals surface area contributed by atoms with Crippen LogP contribution in [0.5, 0.6) is 0 Å². The Morgan fingerprint density at radius 3 is 2.32 bits per heavy atom. The molecule has 4 N–H and O–H groups in total. The first kappa shape index (κ1) is 27.9. The molecule has 0 aliphatic heterocycles. The number of carboxylic acid groups (broad SMARTS) is 1. The van der Waals surface area contributed by atoms with Crippen molar-refractivity contribution < 1.29 is 32.4 Å². The second kappa shape index (κ2) is 12.0. The molecule has 0 saturated carbocycles. The van der Waals surface area contributed by atoms with Gasteiger partial charge >= 0.3 is 6.18 Å². The highest BCUT2D eigenvalue weighted by atomic mass is 19.4. The SMILES string of the molecule is C[n+]1ccc(CCNC(=O)c2cc3ccccc3n2Cc2cccc(C(=N)N)c2)cc1.O=C([O-])C(F)(F)F. The van der Waals surface area contributed by atoms with E-state index in [1.54, 1.807) is 0 Å². The number of hydrogen-bond acceptors (Lipinski definition) is 4. The van der Waals surface area contributed by atoms with Crippen molar-refractivity contribution in [3.8, 4) is 0 Å². The van der Waals surface area contributed by atoms with Crippen molar-refractivity contribution in [2.45, 2.75) is 19.1 Å². The van der Waals surface area contributed by atoms with Gasteiger partial charge in [-0.1, -0.05) is 36.4 Å². The van der Waals surface area contributed by atoms with E-state index in [1.165, 1.54) is 5.56 Å². The van der Waals surface area contributed by atoms with Crippen LogP contribution in [0.15, 0.2) is 79.1 Å². The molecule has 0 atom stereocenters. The number of aliphatic carboxylic acids is 1. The normalized spacial score (nSPS) is 10.9. The molecule has 11 heteroatoms. The second-order valence-corrected chi connectivity index (χ2v) is 8.45. The number of fused-ring (bicyclic) bond motifs is 1. The molecule has 8 nitrogen and oxygen atoms in total. The predicted octanol–water partition coefficient (Wildman–Crippen LogP) is 2.07. The topological polar surface area (TPSA) is 128 Å². The maximum absolute atomic E-state index is 13.1. The van der Waals surface area contributed by atoms with Crippen LogP contribution in [0, 0.1) is 5.41 Å². The van der Waals surface area contributed by atoms with Crippen molar-refractivity contribution in [2.24, 2.45) is 12.8 Å². The minimum atomic E-state index is -5.19. The molecule has 0 fully saturated rings. The van der Waals surface area contributed by atoms with Crippen LogP contribution in [0.1, 0.15) is 27.2 Å². The van der Waals surface area contributed by atoms with Gasteiger partial charge in [0.15, 0.2) is 12.4 Å². The Labute approximate surface area is 216 Å². The average molecular weight is 526 g/mol. The van der Waals surface area contributed by atoms with Gasteiger partial charge in [0, 0.05) is 41.7 Å². The molecule has 2 heterocycles. The third kappa shape index (κ3) is 7.42. The van der Waals surface area contributed by atoms with Gasteiger partial charge in [0.2, 0.25) is 0 Å². The van der Waals surface area contributed by atoms with E-state index in [-0.39, 0.29) is 11.7 Å². The van der Waals surface area contributed by atoms with Crippen LogP contribution in [-0.4, -0.2) is 35.0 Å². The number of nitrogen functional groups attached to an aromatic ring is 1. The molecule has 4 rings (SSSR count). The number of nitrogens with two attached hydrogens (primary N) is 1. The standard InChI is InChI=1S/C25H25N5O.C2HF3O2/c1-29-13-10-18(11-14-29)9-12-28-25(31)23-16-20-6-2-3-8-22(20)30(23)17-19-5-4-7-21(15-19)24(26)27;3-2(4,5)1(6)7/h2-8,10-11,13-16H,9,12,17H2,1H3,(H3-,26,27,28,31);(H,6,7). The number of alkyl halides is 3. The van der Waals surface area contributed by atoms with Gasteiger partial charge in [0.1, 0.15) is 24.5 Å². The van der Waals surface area contributed by atoms with Crippen LogP contribution in [0.2, 0.25) is 0 Å². The summed E-state index contributed by atoms with van der Waals surface area (Å²) in [4.78, 5) is 21.8. The summed E-state index contributed by atoms with van der Waals surface area (Å²) in [5.74, 6) is -3.07. The van der Waals surface area contributed by atoms with E-state index in [2.05, 4.69) is 17.4 Å². The fourth-order valence-electron chi connectivity index (χ4n) is 3.70. The number of amidine groups is 1. The molecule has 1 amide bonds. The highest BCUT2D eigenvalue weighted by Crippen LogP contribution is 2.22. The van der Waals surface area contributed by atoms with E-state index in [4.69, 9.17) is 21.0 Å². The van der Waals surface area contributed by atoms with Crippen LogP contribution < -0.4 is 20.7 Å². The Morgan fingerprint density at radius 2 is 1.68 bits per heavy atom. The first-order chi connectivity index (χ1) is 18.0. The van der Waals surface area contributed by atoms with Crippen LogP contribution in [-0.2, 0) is 24.8 Å². The molecule has 0 bridgehead atoms. The number of carbonyl (C=O) groups excluding carboxylic acids is 2. The summed E-state index contributed by atoms with van der Waals surface area (Å²) in [7, 11) is 1.98. The van der Waals surface area contributed by atoms with Gasteiger partial charge in [0.25, 0.3) is 5.91 Å². The lowest BCUT2D eigenvalue weighted by Crippen LogP contribution is -2.37. The highest BCUT2D eigenvalue weighted by Gasteiger charge is 2.28. The zero-order valence-electron chi connectivity index (χ0n) is 20.5. The molecule has 0 spiro atoms. The Bertz CT molecular complexity index is 1450. The molecule has 0 saturated heterocycles. The number of para-hydroxylation sites is 1. The fourth-order valence-corrected chi connectivity index (χ4v) is 3.70. The Kier molecular flexibility index (Phi) is 8.85. The summed E-state index contributed by atoms with van der Waals surface area (Å²) in [6.07, 6.45) is -0.415. The summed E-state index contributed by atoms with van der Waals surface area (Å²) in [5.41, 5.74) is 10.1. The average Bonchev–Trinajstić information content (AvgIpc) is 3.23. The number of hydrogen-bond donors (Lipinski definition) is 3. The maximum Gasteiger partial charge on any atom is 0.430 e. The molecule has 0 radical (unpaired) electrons. The summed E-state index contributed by atoms with van der Waals surface area (Å²) in [6.45, 7) is 1.08. The first-order valence-corrected chi connectivity index (χ1v) is 11.5. The lowest BCUT2D eigenvalue weighted by atomic mass is 10.1. The third-order valence-electron chi connectivity index (χ3n) is 5.60. The lowest BCUT2D eigenvalue weighted by molar-refractivity contribution is -0.671. The van der Waals surface area contributed by atoms with Gasteiger partial charge in [-0.3, -0.25) is 10.2 Å². The monoisotopic (exact) mass is 525 g/mol. The van der Waals surface area contributed by atoms with Gasteiger partial charge in [-0.15, -0.1) is 0 Å². The number of aryl methyl sites for hydroxylation is 1. The Hall–Kier alpha value is -4.67. The molecule has 0 aliphatic rings. The molecule has 0 aliphatic carbocycles. The summed E-state index contributed by atoms with van der Waals surface area (Å²) < 4.78 is 35.6. The maximum atomic E-state index is 13.1. The van der Waals surface area contributed by atoms with Crippen LogP contribution in [0.4, 0.5) is 13.2 Å². The number of benzene rings is 2. The zero-order valence-corrected chi connectivity index (χ0v) is 20.5. The number of carboxylic acids is 1. The van der Waals surface area contributed by atoms with E-state index >= 15 is 0 Å². The molecular weight excluding hydrogens is 499 g/mol. The van der Waals surface area contributed by atoms with E-state index < -0.39 is 12.1 Å². The van der Waals surface area contributed by atoms with Crippen LogP contribution in [0.25, 0.3) is 10.9 Å². The van der Waals surface area contributed by atoms with Gasteiger partial charge in [-0.25, -0.2) is 4.57 Å². The molecule has 4 aromatic rings. The minimum absolute atomic E-state index is 0.0340. The Morgan fingerprint density at radius 1 is 1.03 bits per heavy atom. The number of aromatic nitrogens is 2. The minimum Gasteiger partial charge on any atom is -0.542 e. The first-order valence-electron chi connectivity index (χ1n) is 11.5. The number of pyridine rings is 1. The van der Waals surface area contributed by atoms with Crippen molar-refractivity contribution in [3.63, 3.8) is 0 Å². The molecule has 198 valence electrons. The summed E-state index contributed by atoms with van der Waals surface area (Å²) in [5, 5.41) is 20.5. The largest absolute Gasteiger partial charge is 0.542 e. The van der Waals surface area contributed by atoms with Gasteiger partial charge in [-0.05, 0) is 35.7 Å². The molecular formula is C27H26F3N5O3. The summed E-state index contributed by atoms with van der Waals surface area (Å²) >= 11 is 0. The van der Waals surface area contributed by atoms with Gasteiger partial charge in [0.05, 0.1) is 0 Å². The molecule has 2 aromatic heterocycles. The third-order valence-corrected chi connectivity index (χ3v) is 5.60. The summed E-state index contributed by atoms with van der Waals surface area (Å²) in [6, 6.07) is 21.6. The van der Waals surface area contributed by atoms with E-state index in [0.29, 0.717) is 24.3 Å². The number of nitrogens with zero attached hydrogens (tertiary/aromatic N) is 2. The van der Waals surface area contributed by atoms with Gasteiger partial charge in [-0.2, -0.15) is 13.2 Å². The lowest BCUT2D eigenvalue weighted by Gasteiger charge is -2.12. The van der Waals surface area contributed by atoms with Crippen molar-refractivity contribution in [1.29, 1.82) is 5.41 Å². The van der Waals surface area contributed by atoms with Gasteiger partial charge < -0.3 is 25.5 Å². The van der Waals surface area contributed by atoms with Crippen LogP contribution in [0.3, 0.4) is 0 Å². The Balaban J connectivity index is 0.000000505. The predicted molar refractivity (Wildman–Crippen MR) is 133 cm³/mol. The fraction of sp³-hybridized carbons (Fsp3) is 0.185. The van der Waals surface area contributed by atoms with Crippen molar-refractivity contribution in [2.75, 3.05) is 6.54 Å². The number of amides is 1. The number of nitrogens with one attached hydrogen (secondary N) is 2. The van der Waals surface area contributed by atoms with E-state index in [1.807, 2.05) is 83.2 Å². The quantitative estimate of drug-likeness (QED) is 0.194. The van der Waals surface area contributed by atoms with Crippen molar-refractivity contribution in [1.82, 2.24) is 9.88 Å². The van der Waals surface area contributed by atoms with Crippen LogP contribution >= 0.6 is 0 Å². The molecule has 38 heavy (non-hydrogen) atoms. The van der Waals surface area contributed by atoms with E-state index in [9.17, 15) is 18.0 Å². The molecule has 2 aromatic carbocycles. The smallest absolute Gasteiger partial charge is 0.430 e. The number of rotatable bonds is 7.